The molecule has 0 spiro atoms. The number of carbonyl (C=O) groups excluding carboxylic acids is 1. The molecule has 0 unspecified atom stereocenters. The largest absolute Gasteiger partial charge is 0.321 e. The fraction of sp³-hybridized carbons (Fsp3) is 0.111. The van der Waals surface area contributed by atoms with Gasteiger partial charge in [-0.1, -0.05) is 18.2 Å². The number of hydrogen-bond donors (Lipinski definition) is 1. The van der Waals surface area contributed by atoms with E-state index in [1.54, 1.807) is 18.2 Å². The summed E-state index contributed by atoms with van der Waals surface area (Å²) in [5.41, 5.74) is 2.53. The molecule has 0 aliphatic carbocycles. The van der Waals surface area contributed by atoms with Crippen LogP contribution >= 0.6 is 0 Å². The predicted octanol–water partition coefficient (Wildman–Crippen LogP) is 4.13. The molecule has 0 atom stereocenters. The fourth-order valence-electron chi connectivity index (χ4n) is 1.99. The number of rotatable bonds is 3. The lowest BCUT2D eigenvalue weighted by molar-refractivity contribution is -0.112. The highest BCUT2D eigenvalue weighted by Crippen LogP contribution is 2.19. The third kappa shape index (κ3) is 3.80. The van der Waals surface area contributed by atoms with Gasteiger partial charge in [0, 0.05) is 5.69 Å². The standard InChI is InChI=1S/C18H14F2N2O/c1-11-4-3-5-17(12(11)2)22-18(23)14(10-21)8-13-6-7-15(19)16(20)9-13/h3-9H,1-2H3,(H,22,23)/b14-8+. The number of halogens is 2. The Labute approximate surface area is 132 Å². The Morgan fingerprint density at radius 2 is 1.91 bits per heavy atom. The maximum atomic E-state index is 13.2. The molecule has 2 aromatic carbocycles. The molecule has 0 aromatic heterocycles. The Bertz CT molecular complexity index is 835. The van der Waals surface area contributed by atoms with Crippen molar-refractivity contribution in [2.75, 3.05) is 5.32 Å². The summed E-state index contributed by atoms with van der Waals surface area (Å²) in [6, 6.07) is 10.4. The van der Waals surface area contributed by atoms with E-state index in [0.717, 1.165) is 23.3 Å². The lowest BCUT2D eigenvalue weighted by Crippen LogP contribution is -2.14. The highest BCUT2D eigenvalue weighted by atomic mass is 19.2. The Kier molecular flexibility index (Phi) is 4.87. The summed E-state index contributed by atoms with van der Waals surface area (Å²) in [5, 5.41) is 11.8. The highest BCUT2D eigenvalue weighted by Gasteiger charge is 2.12. The van der Waals surface area contributed by atoms with Gasteiger partial charge in [0.25, 0.3) is 5.91 Å². The number of carbonyl (C=O) groups is 1. The topological polar surface area (TPSA) is 52.9 Å². The number of amides is 1. The normalized spacial score (nSPS) is 11.0. The first-order valence-electron chi connectivity index (χ1n) is 6.87. The number of hydrogen-bond acceptors (Lipinski definition) is 2. The molecule has 0 saturated carbocycles. The molecule has 0 aliphatic heterocycles. The van der Waals surface area contributed by atoms with Crippen LogP contribution in [0.25, 0.3) is 6.08 Å². The first-order valence-corrected chi connectivity index (χ1v) is 6.87. The van der Waals surface area contributed by atoms with Gasteiger partial charge in [0.15, 0.2) is 11.6 Å². The summed E-state index contributed by atoms with van der Waals surface area (Å²) in [6.07, 6.45) is 1.21. The molecule has 2 aromatic rings. The lowest BCUT2D eigenvalue weighted by Gasteiger charge is -2.09. The van der Waals surface area contributed by atoms with Crippen LogP contribution in [0.3, 0.4) is 0 Å². The van der Waals surface area contributed by atoms with E-state index in [4.69, 9.17) is 5.26 Å². The molecule has 1 N–H and O–H groups in total. The molecule has 0 fully saturated rings. The summed E-state index contributed by atoms with van der Waals surface area (Å²) in [4.78, 5) is 12.2. The quantitative estimate of drug-likeness (QED) is 0.684. The van der Waals surface area contributed by atoms with E-state index in [1.165, 1.54) is 12.1 Å². The lowest BCUT2D eigenvalue weighted by atomic mass is 10.1. The Morgan fingerprint density at radius 3 is 2.57 bits per heavy atom. The Hall–Kier alpha value is -3.00. The van der Waals surface area contributed by atoms with E-state index in [1.807, 2.05) is 19.9 Å². The summed E-state index contributed by atoms with van der Waals surface area (Å²) in [6.45, 7) is 3.77. The summed E-state index contributed by atoms with van der Waals surface area (Å²) in [5.74, 6) is -2.63. The summed E-state index contributed by atoms with van der Waals surface area (Å²) < 4.78 is 26.1. The molecular formula is C18H14F2N2O. The average Bonchev–Trinajstić information content (AvgIpc) is 2.52. The molecule has 0 bridgehead atoms. The summed E-state index contributed by atoms with van der Waals surface area (Å²) in [7, 11) is 0. The van der Waals surface area contributed by atoms with Crippen LogP contribution in [-0.2, 0) is 4.79 Å². The number of nitriles is 1. The van der Waals surface area contributed by atoms with E-state index < -0.39 is 17.5 Å². The molecule has 0 heterocycles. The first kappa shape index (κ1) is 16.4. The van der Waals surface area contributed by atoms with Crippen LogP contribution in [0.15, 0.2) is 42.0 Å². The molecule has 0 radical (unpaired) electrons. The van der Waals surface area contributed by atoms with Gasteiger partial charge >= 0.3 is 0 Å². The highest BCUT2D eigenvalue weighted by molar-refractivity contribution is 6.10. The maximum absolute atomic E-state index is 13.2. The van der Waals surface area contributed by atoms with Crippen molar-refractivity contribution < 1.29 is 13.6 Å². The third-order valence-corrected chi connectivity index (χ3v) is 3.47. The van der Waals surface area contributed by atoms with Crippen LogP contribution in [0, 0.1) is 36.8 Å². The van der Waals surface area contributed by atoms with Crippen molar-refractivity contribution in [1.29, 1.82) is 5.26 Å². The van der Waals surface area contributed by atoms with Gasteiger partial charge in [0.05, 0.1) is 0 Å². The van der Waals surface area contributed by atoms with E-state index >= 15 is 0 Å². The summed E-state index contributed by atoms with van der Waals surface area (Å²) >= 11 is 0. The van der Waals surface area contributed by atoms with Gasteiger partial charge in [0.1, 0.15) is 11.6 Å². The van der Waals surface area contributed by atoms with Crippen LogP contribution < -0.4 is 5.32 Å². The van der Waals surface area contributed by atoms with Crippen LogP contribution in [0.4, 0.5) is 14.5 Å². The van der Waals surface area contributed by atoms with Crippen LogP contribution in [0.5, 0.6) is 0 Å². The average molecular weight is 312 g/mol. The minimum Gasteiger partial charge on any atom is -0.321 e. The van der Waals surface area contributed by atoms with Crippen molar-refractivity contribution >= 4 is 17.7 Å². The number of benzene rings is 2. The second-order valence-corrected chi connectivity index (χ2v) is 5.04. The van der Waals surface area contributed by atoms with Gasteiger partial charge in [-0.3, -0.25) is 4.79 Å². The van der Waals surface area contributed by atoms with E-state index in [-0.39, 0.29) is 11.1 Å². The Balaban J connectivity index is 2.28. The minimum absolute atomic E-state index is 0.197. The van der Waals surface area contributed by atoms with Gasteiger partial charge in [-0.05, 0) is 54.8 Å². The molecule has 116 valence electrons. The van der Waals surface area contributed by atoms with Gasteiger partial charge in [-0.2, -0.15) is 5.26 Å². The zero-order chi connectivity index (χ0) is 17.0. The van der Waals surface area contributed by atoms with E-state index in [0.29, 0.717) is 5.69 Å². The molecule has 0 aliphatic rings. The SMILES string of the molecule is Cc1cccc(NC(=O)/C(C#N)=C/c2ccc(F)c(F)c2)c1C. The molecule has 3 nitrogen and oxygen atoms in total. The molecule has 5 heteroatoms. The van der Waals surface area contributed by atoms with Crippen LogP contribution in [0.2, 0.25) is 0 Å². The smallest absolute Gasteiger partial charge is 0.266 e. The van der Waals surface area contributed by atoms with Crippen molar-refractivity contribution in [3.05, 3.63) is 70.3 Å². The second-order valence-electron chi connectivity index (χ2n) is 5.04. The van der Waals surface area contributed by atoms with Crippen molar-refractivity contribution in [2.24, 2.45) is 0 Å². The maximum Gasteiger partial charge on any atom is 0.266 e. The number of nitrogens with one attached hydrogen (secondary N) is 1. The molecule has 23 heavy (non-hydrogen) atoms. The van der Waals surface area contributed by atoms with Gasteiger partial charge < -0.3 is 5.32 Å². The number of anilines is 1. The number of nitrogens with zero attached hydrogens (tertiary/aromatic N) is 1. The van der Waals surface area contributed by atoms with Gasteiger partial charge in [0.2, 0.25) is 0 Å². The Morgan fingerprint density at radius 1 is 1.17 bits per heavy atom. The van der Waals surface area contributed by atoms with Crippen molar-refractivity contribution in [1.82, 2.24) is 0 Å². The second kappa shape index (κ2) is 6.84. The molecular weight excluding hydrogens is 298 g/mol. The zero-order valence-electron chi connectivity index (χ0n) is 12.7. The van der Waals surface area contributed by atoms with E-state index in [2.05, 4.69) is 5.32 Å². The van der Waals surface area contributed by atoms with Crippen LogP contribution in [-0.4, -0.2) is 5.91 Å². The minimum atomic E-state index is -1.04. The van der Waals surface area contributed by atoms with Crippen molar-refractivity contribution in [2.45, 2.75) is 13.8 Å². The zero-order valence-corrected chi connectivity index (χ0v) is 12.7. The molecule has 2 rings (SSSR count). The third-order valence-electron chi connectivity index (χ3n) is 3.47. The fourth-order valence-corrected chi connectivity index (χ4v) is 1.99. The van der Waals surface area contributed by atoms with Gasteiger partial charge in [-0.15, -0.1) is 0 Å². The number of aryl methyl sites for hydroxylation is 1. The predicted molar refractivity (Wildman–Crippen MR) is 84.5 cm³/mol. The van der Waals surface area contributed by atoms with Gasteiger partial charge in [-0.25, -0.2) is 8.78 Å². The molecule has 1 amide bonds. The molecule has 0 saturated heterocycles. The van der Waals surface area contributed by atoms with E-state index in [9.17, 15) is 13.6 Å². The van der Waals surface area contributed by atoms with Crippen molar-refractivity contribution in [3.8, 4) is 6.07 Å². The first-order chi connectivity index (χ1) is 10.9. The monoisotopic (exact) mass is 312 g/mol. The van der Waals surface area contributed by atoms with Crippen molar-refractivity contribution in [3.63, 3.8) is 0 Å². The van der Waals surface area contributed by atoms with Crippen LogP contribution in [0.1, 0.15) is 16.7 Å².